The summed E-state index contributed by atoms with van der Waals surface area (Å²) in [6, 6.07) is 14.4. The largest absolute Gasteiger partial charge is 0.497 e. The van der Waals surface area contributed by atoms with Crippen LogP contribution in [0.4, 0.5) is 0 Å². The minimum atomic E-state index is 0.667. The van der Waals surface area contributed by atoms with Gasteiger partial charge in [-0.15, -0.1) is 11.3 Å². The molecule has 0 bridgehead atoms. The van der Waals surface area contributed by atoms with Gasteiger partial charge in [-0.1, -0.05) is 18.2 Å². The topological polar surface area (TPSA) is 48.1 Å². The molecule has 20 heavy (non-hydrogen) atoms. The summed E-state index contributed by atoms with van der Waals surface area (Å²) in [6.45, 7) is 0.667. The standard InChI is InChI=1S/C16H16N2OS/c1-19-13-5-6-14-15(10-13)20-16(18-14)12-4-2-3-11(9-12)7-8-17/h2-6,9-10H,7-8,17H2,1H3. The number of fused-ring (bicyclic) bond motifs is 1. The summed E-state index contributed by atoms with van der Waals surface area (Å²) in [5.41, 5.74) is 9.03. The number of benzene rings is 2. The average Bonchev–Trinajstić information content (AvgIpc) is 2.90. The predicted octanol–water partition coefficient (Wildman–Crippen LogP) is 3.47. The number of hydrogen-bond acceptors (Lipinski definition) is 4. The molecule has 2 aromatic carbocycles. The zero-order valence-electron chi connectivity index (χ0n) is 11.3. The fourth-order valence-electron chi connectivity index (χ4n) is 2.18. The first-order valence-corrected chi connectivity index (χ1v) is 7.36. The number of aromatic nitrogens is 1. The molecular formula is C16H16N2OS. The van der Waals surface area contributed by atoms with E-state index in [1.165, 1.54) is 5.56 Å². The van der Waals surface area contributed by atoms with Crippen LogP contribution in [-0.2, 0) is 6.42 Å². The average molecular weight is 284 g/mol. The van der Waals surface area contributed by atoms with E-state index in [-0.39, 0.29) is 0 Å². The second-order valence-corrected chi connectivity index (χ2v) is 5.62. The molecule has 0 spiro atoms. The Hall–Kier alpha value is -1.91. The van der Waals surface area contributed by atoms with Crippen LogP contribution in [0.1, 0.15) is 5.56 Å². The summed E-state index contributed by atoms with van der Waals surface area (Å²) in [5, 5.41) is 1.03. The Kier molecular flexibility index (Phi) is 3.67. The van der Waals surface area contributed by atoms with Gasteiger partial charge in [-0.3, -0.25) is 0 Å². The van der Waals surface area contributed by atoms with Gasteiger partial charge in [0.05, 0.1) is 17.3 Å². The van der Waals surface area contributed by atoms with Crippen LogP contribution in [0.3, 0.4) is 0 Å². The fraction of sp³-hybridized carbons (Fsp3) is 0.188. The monoisotopic (exact) mass is 284 g/mol. The van der Waals surface area contributed by atoms with Crippen LogP contribution in [0.5, 0.6) is 5.75 Å². The third kappa shape index (κ3) is 2.53. The molecule has 3 aromatic rings. The third-order valence-corrected chi connectivity index (χ3v) is 4.27. The van der Waals surface area contributed by atoms with Crippen molar-refractivity contribution in [2.75, 3.05) is 13.7 Å². The first-order chi connectivity index (χ1) is 9.80. The fourth-order valence-corrected chi connectivity index (χ4v) is 3.17. The van der Waals surface area contributed by atoms with E-state index in [1.807, 2.05) is 18.2 Å². The van der Waals surface area contributed by atoms with Crippen molar-refractivity contribution in [2.24, 2.45) is 5.73 Å². The molecule has 102 valence electrons. The van der Waals surface area contributed by atoms with Crippen molar-refractivity contribution in [2.45, 2.75) is 6.42 Å². The Morgan fingerprint density at radius 1 is 1.20 bits per heavy atom. The number of rotatable bonds is 4. The molecule has 0 aliphatic carbocycles. The molecule has 0 aliphatic heterocycles. The van der Waals surface area contributed by atoms with Gasteiger partial charge in [-0.25, -0.2) is 4.98 Å². The van der Waals surface area contributed by atoms with E-state index in [1.54, 1.807) is 18.4 Å². The summed E-state index contributed by atoms with van der Waals surface area (Å²) in [4.78, 5) is 4.69. The number of methoxy groups -OCH3 is 1. The molecule has 0 saturated heterocycles. The number of nitrogens with zero attached hydrogens (tertiary/aromatic N) is 1. The van der Waals surface area contributed by atoms with Crippen molar-refractivity contribution in [3.05, 3.63) is 48.0 Å². The van der Waals surface area contributed by atoms with Gasteiger partial charge in [0.1, 0.15) is 10.8 Å². The van der Waals surface area contributed by atoms with E-state index in [9.17, 15) is 0 Å². The van der Waals surface area contributed by atoms with Crippen LogP contribution in [-0.4, -0.2) is 18.6 Å². The maximum atomic E-state index is 5.62. The molecule has 1 aromatic heterocycles. The van der Waals surface area contributed by atoms with E-state index >= 15 is 0 Å². The minimum absolute atomic E-state index is 0.667. The van der Waals surface area contributed by atoms with E-state index in [0.29, 0.717) is 6.54 Å². The Labute approximate surface area is 122 Å². The maximum absolute atomic E-state index is 5.62. The quantitative estimate of drug-likeness (QED) is 0.798. The maximum Gasteiger partial charge on any atom is 0.124 e. The lowest BCUT2D eigenvalue weighted by Crippen LogP contribution is -2.02. The van der Waals surface area contributed by atoms with Gasteiger partial charge >= 0.3 is 0 Å². The molecule has 4 heteroatoms. The van der Waals surface area contributed by atoms with Crippen molar-refractivity contribution in [1.29, 1.82) is 0 Å². The lowest BCUT2D eigenvalue weighted by molar-refractivity contribution is 0.415. The van der Waals surface area contributed by atoms with Crippen LogP contribution < -0.4 is 10.5 Å². The normalized spacial score (nSPS) is 10.9. The molecule has 0 atom stereocenters. The van der Waals surface area contributed by atoms with Crippen LogP contribution in [0.2, 0.25) is 0 Å². The highest BCUT2D eigenvalue weighted by Gasteiger charge is 2.07. The number of hydrogen-bond donors (Lipinski definition) is 1. The van der Waals surface area contributed by atoms with Crippen molar-refractivity contribution >= 4 is 21.6 Å². The Morgan fingerprint density at radius 3 is 2.90 bits per heavy atom. The van der Waals surface area contributed by atoms with E-state index in [2.05, 4.69) is 24.3 Å². The smallest absolute Gasteiger partial charge is 0.124 e. The highest BCUT2D eigenvalue weighted by molar-refractivity contribution is 7.21. The van der Waals surface area contributed by atoms with Crippen molar-refractivity contribution in [3.8, 4) is 16.3 Å². The molecule has 0 fully saturated rings. The zero-order chi connectivity index (χ0) is 13.9. The molecule has 3 rings (SSSR count). The van der Waals surface area contributed by atoms with E-state index in [0.717, 1.165) is 33.0 Å². The summed E-state index contributed by atoms with van der Waals surface area (Å²) < 4.78 is 6.40. The predicted molar refractivity (Wildman–Crippen MR) is 84.4 cm³/mol. The van der Waals surface area contributed by atoms with Gasteiger partial charge in [0.2, 0.25) is 0 Å². The highest BCUT2D eigenvalue weighted by Crippen LogP contribution is 2.32. The van der Waals surface area contributed by atoms with Gasteiger partial charge in [-0.2, -0.15) is 0 Å². The Bertz CT molecular complexity index is 736. The highest BCUT2D eigenvalue weighted by atomic mass is 32.1. The molecule has 1 heterocycles. The minimum Gasteiger partial charge on any atom is -0.497 e. The van der Waals surface area contributed by atoms with Crippen molar-refractivity contribution in [3.63, 3.8) is 0 Å². The molecule has 0 aliphatic rings. The Balaban J connectivity index is 2.03. The van der Waals surface area contributed by atoms with Crippen molar-refractivity contribution < 1.29 is 4.74 Å². The van der Waals surface area contributed by atoms with Crippen LogP contribution in [0.25, 0.3) is 20.8 Å². The first kappa shape index (κ1) is 13.1. The molecular weight excluding hydrogens is 268 g/mol. The van der Waals surface area contributed by atoms with Crippen LogP contribution in [0, 0.1) is 0 Å². The zero-order valence-corrected chi connectivity index (χ0v) is 12.1. The SMILES string of the molecule is COc1ccc2nc(-c3cccc(CCN)c3)sc2c1. The van der Waals surface area contributed by atoms with Gasteiger partial charge in [-0.05, 0) is 42.8 Å². The second kappa shape index (κ2) is 5.61. The molecule has 0 amide bonds. The van der Waals surface area contributed by atoms with Crippen LogP contribution in [0.15, 0.2) is 42.5 Å². The van der Waals surface area contributed by atoms with Gasteiger partial charge in [0.15, 0.2) is 0 Å². The molecule has 0 saturated carbocycles. The lowest BCUT2D eigenvalue weighted by atomic mass is 10.1. The molecule has 2 N–H and O–H groups in total. The summed E-state index contributed by atoms with van der Waals surface area (Å²) in [5.74, 6) is 0.865. The first-order valence-electron chi connectivity index (χ1n) is 6.54. The lowest BCUT2D eigenvalue weighted by Gasteiger charge is -2.01. The van der Waals surface area contributed by atoms with E-state index in [4.69, 9.17) is 15.5 Å². The molecule has 0 unspecified atom stereocenters. The molecule has 0 radical (unpaired) electrons. The second-order valence-electron chi connectivity index (χ2n) is 4.59. The van der Waals surface area contributed by atoms with E-state index < -0.39 is 0 Å². The number of ether oxygens (including phenoxy) is 1. The summed E-state index contributed by atoms with van der Waals surface area (Å²) in [7, 11) is 1.68. The Morgan fingerprint density at radius 2 is 2.10 bits per heavy atom. The van der Waals surface area contributed by atoms with Gasteiger partial charge < -0.3 is 10.5 Å². The van der Waals surface area contributed by atoms with Crippen LogP contribution >= 0.6 is 11.3 Å². The molecule has 3 nitrogen and oxygen atoms in total. The van der Waals surface area contributed by atoms with Gasteiger partial charge in [0, 0.05) is 5.56 Å². The third-order valence-electron chi connectivity index (χ3n) is 3.20. The number of nitrogens with two attached hydrogens (primary N) is 1. The number of thiazole rings is 1. The van der Waals surface area contributed by atoms with Gasteiger partial charge in [0.25, 0.3) is 0 Å². The van der Waals surface area contributed by atoms with Crippen molar-refractivity contribution in [1.82, 2.24) is 4.98 Å². The summed E-state index contributed by atoms with van der Waals surface area (Å²) >= 11 is 1.68. The summed E-state index contributed by atoms with van der Waals surface area (Å²) in [6.07, 6.45) is 0.895.